The zero-order chi connectivity index (χ0) is 14.7. The van der Waals surface area contributed by atoms with Crippen molar-refractivity contribution >= 4 is 5.91 Å². The van der Waals surface area contributed by atoms with Crippen molar-refractivity contribution < 1.29 is 9.90 Å². The molecule has 0 spiro atoms. The third-order valence-electron chi connectivity index (χ3n) is 4.90. The Hall–Kier alpha value is -1.39. The molecule has 21 heavy (non-hydrogen) atoms. The van der Waals surface area contributed by atoms with Gasteiger partial charge in [0.15, 0.2) is 0 Å². The van der Waals surface area contributed by atoms with E-state index in [1.165, 1.54) is 24.8 Å². The summed E-state index contributed by atoms with van der Waals surface area (Å²) in [6.45, 7) is 1.27. The van der Waals surface area contributed by atoms with Gasteiger partial charge in [-0.25, -0.2) is 0 Å². The minimum atomic E-state index is -0.386. The summed E-state index contributed by atoms with van der Waals surface area (Å²) in [5.74, 6) is 0.0332. The molecule has 1 amide bonds. The number of benzene rings is 1. The molecule has 0 radical (unpaired) electrons. The molecule has 1 aliphatic heterocycles. The fourth-order valence-corrected chi connectivity index (χ4v) is 3.44. The number of aliphatic hydroxyl groups is 1. The van der Waals surface area contributed by atoms with E-state index in [4.69, 9.17) is 0 Å². The van der Waals surface area contributed by atoms with Crippen molar-refractivity contribution in [2.24, 2.45) is 5.41 Å². The Bertz CT molecular complexity index is 485. The van der Waals surface area contributed by atoms with Crippen LogP contribution in [-0.4, -0.2) is 36.2 Å². The van der Waals surface area contributed by atoms with Crippen molar-refractivity contribution in [1.82, 2.24) is 10.6 Å². The van der Waals surface area contributed by atoms with Crippen LogP contribution < -0.4 is 10.6 Å². The Balaban J connectivity index is 1.54. The molecule has 1 aromatic rings. The largest absolute Gasteiger partial charge is 0.392 e. The second kappa shape index (κ2) is 6.16. The molecule has 1 heterocycles. The number of rotatable bonds is 5. The molecule has 2 unspecified atom stereocenters. The number of aliphatic hydroxyl groups excluding tert-OH is 1. The van der Waals surface area contributed by atoms with Crippen molar-refractivity contribution in [1.29, 1.82) is 0 Å². The molecule has 0 aromatic heterocycles. The van der Waals surface area contributed by atoms with Crippen molar-refractivity contribution in [2.45, 2.75) is 44.2 Å². The molecule has 0 bridgehead atoms. The number of hydrogen-bond acceptors (Lipinski definition) is 3. The highest BCUT2D eigenvalue weighted by Crippen LogP contribution is 2.43. The lowest BCUT2D eigenvalue weighted by atomic mass is 9.65. The van der Waals surface area contributed by atoms with Crippen LogP contribution in [0.1, 0.15) is 31.2 Å². The molecule has 1 aromatic carbocycles. The van der Waals surface area contributed by atoms with Crippen LogP contribution in [-0.2, 0) is 11.2 Å². The predicted molar refractivity (Wildman–Crippen MR) is 81.9 cm³/mol. The number of carbonyl (C=O) groups excluding carboxylic acids is 1. The van der Waals surface area contributed by atoms with E-state index in [0.29, 0.717) is 13.0 Å². The van der Waals surface area contributed by atoms with Gasteiger partial charge in [-0.3, -0.25) is 4.79 Å². The van der Waals surface area contributed by atoms with Crippen molar-refractivity contribution in [3.8, 4) is 0 Å². The smallest absolute Gasteiger partial charge is 0.237 e. The van der Waals surface area contributed by atoms with Gasteiger partial charge < -0.3 is 15.7 Å². The molecule has 1 saturated carbocycles. The average Bonchev–Trinajstić information content (AvgIpc) is 2.89. The topological polar surface area (TPSA) is 61.4 Å². The molecule has 4 heteroatoms. The minimum absolute atomic E-state index is 0.0332. The van der Waals surface area contributed by atoms with Gasteiger partial charge in [0.25, 0.3) is 0 Å². The summed E-state index contributed by atoms with van der Waals surface area (Å²) in [6.07, 6.45) is 4.80. The van der Waals surface area contributed by atoms with Crippen molar-refractivity contribution in [2.75, 3.05) is 13.1 Å². The third-order valence-corrected chi connectivity index (χ3v) is 4.90. The first-order valence-electron chi connectivity index (χ1n) is 7.90. The van der Waals surface area contributed by atoms with Crippen LogP contribution in [0.15, 0.2) is 30.3 Å². The van der Waals surface area contributed by atoms with Gasteiger partial charge in [-0.15, -0.1) is 0 Å². The maximum Gasteiger partial charge on any atom is 0.237 e. The number of nitrogens with one attached hydrogen (secondary N) is 2. The lowest BCUT2D eigenvalue weighted by Gasteiger charge is -2.42. The first kappa shape index (κ1) is 14.5. The van der Waals surface area contributed by atoms with E-state index >= 15 is 0 Å². The van der Waals surface area contributed by atoms with Crippen LogP contribution in [0.25, 0.3) is 0 Å². The first-order chi connectivity index (χ1) is 10.2. The molecule has 1 aliphatic carbocycles. The number of amides is 1. The highest BCUT2D eigenvalue weighted by molar-refractivity contribution is 5.82. The van der Waals surface area contributed by atoms with Crippen LogP contribution in [0.5, 0.6) is 0 Å². The molecule has 2 aliphatic rings. The van der Waals surface area contributed by atoms with Crippen LogP contribution in [0, 0.1) is 5.41 Å². The average molecular weight is 288 g/mol. The van der Waals surface area contributed by atoms with E-state index < -0.39 is 0 Å². The molecule has 114 valence electrons. The first-order valence-corrected chi connectivity index (χ1v) is 7.90. The standard InChI is InChI=1S/C17H24N2O2/c20-14-9-15(18-11-14)16(21)19-12-17(7-4-8-17)10-13-5-2-1-3-6-13/h1-3,5-6,14-15,18,20H,4,7-12H2,(H,19,21). The maximum absolute atomic E-state index is 12.1. The van der Waals surface area contributed by atoms with Gasteiger partial charge in [-0.2, -0.15) is 0 Å². The Morgan fingerprint density at radius 2 is 2.10 bits per heavy atom. The summed E-state index contributed by atoms with van der Waals surface area (Å²) >= 11 is 0. The molecule has 2 fully saturated rings. The highest BCUT2D eigenvalue weighted by Gasteiger charge is 2.38. The lowest BCUT2D eigenvalue weighted by Crippen LogP contribution is -2.48. The number of β-amino-alcohol motifs (C(OH)–C–C–N with tert-alkyl or cyclic N) is 1. The normalized spacial score (nSPS) is 27.1. The fourth-order valence-electron chi connectivity index (χ4n) is 3.44. The summed E-state index contributed by atoms with van der Waals surface area (Å²) in [4.78, 5) is 12.1. The van der Waals surface area contributed by atoms with Gasteiger partial charge in [0.1, 0.15) is 0 Å². The van der Waals surface area contributed by atoms with Crippen LogP contribution in [0.2, 0.25) is 0 Å². The van der Waals surface area contributed by atoms with Gasteiger partial charge in [0, 0.05) is 13.1 Å². The monoisotopic (exact) mass is 288 g/mol. The Morgan fingerprint density at radius 1 is 1.33 bits per heavy atom. The fraction of sp³-hybridized carbons (Fsp3) is 0.588. The summed E-state index contributed by atoms with van der Waals surface area (Å²) < 4.78 is 0. The SMILES string of the molecule is O=C(NCC1(Cc2ccccc2)CCC1)C1CC(O)CN1. The van der Waals surface area contributed by atoms with E-state index in [0.717, 1.165) is 13.0 Å². The Kier molecular flexibility index (Phi) is 4.27. The molecule has 1 saturated heterocycles. The summed E-state index contributed by atoms with van der Waals surface area (Å²) in [6, 6.07) is 10.3. The zero-order valence-corrected chi connectivity index (χ0v) is 12.3. The van der Waals surface area contributed by atoms with Gasteiger partial charge in [0.2, 0.25) is 5.91 Å². The third kappa shape index (κ3) is 3.44. The van der Waals surface area contributed by atoms with E-state index in [9.17, 15) is 9.90 Å². The minimum Gasteiger partial charge on any atom is -0.392 e. The van der Waals surface area contributed by atoms with Gasteiger partial charge in [0.05, 0.1) is 12.1 Å². The van der Waals surface area contributed by atoms with Crippen LogP contribution in [0.3, 0.4) is 0 Å². The Morgan fingerprint density at radius 3 is 2.67 bits per heavy atom. The summed E-state index contributed by atoms with van der Waals surface area (Å²) in [5.41, 5.74) is 1.58. The van der Waals surface area contributed by atoms with Gasteiger partial charge >= 0.3 is 0 Å². The molecule has 4 nitrogen and oxygen atoms in total. The zero-order valence-electron chi connectivity index (χ0n) is 12.3. The van der Waals surface area contributed by atoms with E-state index in [-0.39, 0.29) is 23.5 Å². The second-order valence-corrected chi connectivity index (χ2v) is 6.58. The van der Waals surface area contributed by atoms with Gasteiger partial charge in [-0.1, -0.05) is 36.8 Å². The molecule has 3 rings (SSSR count). The Labute approximate surface area is 125 Å². The summed E-state index contributed by atoms with van der Waals surface area (Å²) in [5, 5.41) is 15.6. The van der Waals surface area contributed by atoms with Crippen LogP contribution in [0.4, 0.5) is 0 Å². The quantitative estimate of drug-likeness (QED) is 0.764. The second-order valence-electron chi connectivity index (χ2n) is 6.58. The molecular formula is C17H24N2O2. The van der Waals surface area contributed by atoms with Gasteiger partial charge in [-0.05, 0) is 36.7 Å². The predicted octanol–water partition coefficient (Wildman–Crippen LogP) is 1.24. The molecule has 2 atom stereocenters. The van der Waals surface area contributed by atoms with Crippen molar-refractivity contribution in [3.05, 3.63) is 35.9 Å². The number of carbonyl (C=O) groups is 1. The summed E-state index contributed by atoms with van der Waals surface area (Å²) in [7, 11) is 0. The lowest BCUT2D eigenvalue weighted by molar-refractivity contribution is -0.123. The highest BCUT2D eigenvalue weighted by atomic mass is 16.3. The maximum atomic E-state index is 12.1. The van der Waals surface area contributed by atoms with Crippen LogP contribution >= 0.6 is 0 Å². The molecule has 3 N–H and O–H groups in total. The number of hydrogen-bond donors (Lipinski definition) is 3. The molecular weight excluding hydrogens is 264 g/mol. The van der Waals surface area contributed by atoms with E-state index in [1.54, 1.807) is 0 Å². The van der Waals surface area contributed by atoms with E-state index in [1.807, 2.05) is 6.07 Å². The van der Waals surface area contributed by atoms with Crippen molar-refractivity contribution in [3.63, 3.8) is 0 Å². The van der Waals surface area contributed by atoms with E-state index in [2.05, 4.69) is 34.9 Å².